The van der Waals surface area contributed by atoms with Gasteiger partial charge in [0.2, 0.25) is 0 Å². The number of imidazole rings is 1. The van der Waals surface area contributed by atoms with Gasteiger partial charge in [-0.2, -0.15) is 10.2 Å². The number of nitrogens with zero attached hydrogens (tertiary/aromatic N) is 3. The average Bonchev–Trinajstić information content (AvgIpc) is 2.90. The van der Waals surface area contributed by atoms with Gasteiger partial charge in [0.25, 0.3) is 0 Å². The second-order valence-electron chi connectivity index (χ2n) is 3.50. The Bertz CT molecular complexity index is 699. The number of aromatic carboxylic acids is 1. The van der Waals surface area contributed by atoms with Crippen LogP contribution in [0.5, 0.6) is 0 Å². The van der Waals surface area contributed by atoms with Gasteiger partial charge >= 0.3 is 11.6 Å². The second-order valence-corrected chi connectivity index (χ2v) is 3.50. The molecule has 84 valence electrons. The standard InChI is InChI=1S/C10H7N5O2/c16-10(17)6-3-8(14-12-4-6)7-5-13-15-2-1-11-9(7)15/h1-5H,(H2,11,13,14,16,17)/p+1. The Morgan fingerprint density at radius 2 is 2.35 bits per heavy atom. The Labute approximate surface area is 94.7 Å². The molecule has 17 heavy (non-hydrogen) atoms. The van der Waals surface area contributed by atoms with E-state index in [0.29, 0.717) is 5.69 Å². The molecule has 0 atom stereocenters. The molecule has 7 nitrogen and oxygen atoms in total. The summed E-state index contributed by atoms with van der Waals surface area (Å²) in [5.41, 5.74) is 2.19. The van der Waals surface area contributed by atoms with Crippen LogP contribution in [0.3, 0.4) is 0 Å². The Balaban J connectivity index is 2.19. The van der Waals surface area contributed by atoms with E-state index in [0.717, 1.165) is 11.2 Å². The Kier molecular flexibility index (Phi) is 1.91. The maximum atomic E-state index is 10.8. The molecular formula is C10H8N5O2+. The first-order chi connectivity index (χ1) is 8.25. The number of carbonyl (C=O) groups is 1. The summed E-state index contributed by atoms with van der Waals surface area (Å²) < 4.78 is 1.77. The van der Waals surface area contributed by atoms with Crippen LogP contribution in [-0.4, -0.2) is 31.4 Å². The number of rotatable bonds is 2. The highest BCUT2D eigenvalue weighted by Gasteiger charge is 2.16. The van der Waals surface area contributed by atoms with Gasteiger partial charge in [0.1, 0.15) is 17.5 Å². The van der Waals surface area contributed by atoms with Crippen molar-refractivity contribution in [3.8, 4) is 11.3 Å². The Hall–Kier alpha value is -2.70. The molecule has 0 saturated heterocycles. The highest BCUT2D eigenvalue weighted by Crippen LogP contribution is 2.18. The largest absolute Gasteiger partial charge is 0.478 e. The first kappa shape index (κ1) is 9.52. The van der Waals surface area contributed by atoms with Crippen molar-refractivity contribution in [3.05, 3.63) is 36.4 Å². The predicted molar refractivity (Wildman–Crippen MR) is 56.3 cm³/mol. The van der Waals surface area contributed by atoms with E-state index in [1.807, 2.05) is 6.20 Å². The number of fused-ring (bicyclic) bond motifs is 1. The van der Waals surface area contributed by atoms with E-state index in [1.54, 1.807) is 16.9 Å². The van der Waals surface area contributed by atoms with Crippen LogP contribution >= 0.6 is 0 Å². The van der Waals surface area contributed by atoms with Gasteiger partial charge in [0.05, 0.1) is 18.0 Å². The molecular weight excluding hydrogens is 222 g/mol. The van der Waals surface area contributed by atoms with Crippen LogP contribution in [0.2, 0.25) is 0 Å². The fourth-order valence-corrected chi connectivity index (χ4v) is 1.66. The van der Waals surface area contributed by atoms with Crippen LogP contribution in [0.1, 0.15) is 10.4 Å². The molecule has 0 aliphatic rings. The van der Waals surface area contributed by atoms with Crippen molar-refractivity contribution in [1.29, 1.82) is 0 Å². The highest BCUT2D eigenvalue weighted by atomic mass is 16.4. The summed E-state index contributed by atoms with van der Waals surface area (Å²) in [7, 11) is 0. The minimum Gasteiger partial charge on any atom is -0.478 e. The molecule has 7 heteroatoms. The lowest BCUT2D eigenvalue weighted by Gasteiger charge is -1.95. The highest BCUT2D eigenvalue weighted by molar-refractivity contribution is 5.88. The molecule has 0 unspecified atom stereocenters. The van der Waals surface area contributed by atoms with E-state index < -0.39 is 5.97 Å². The third-order valence-electron chi connectivity index (χ3n) is 2.47. The minimum atomic E-state index is -1.02. The summed E-state index contributed by atoms with van der Waals surface area (Å²) in [6.45, 7) is 0. The lowest BCUT2D eigenvalue weighted by atomic mass is 10.2. The van der Waals surface area contributed by atoms with Gasteiger partial charge in [-0.25, -0.2) is 14.9 Å². The number of carboxylic acid groups (broad SMARTS) is 1. The molecule has 3 N–H and O–H groups in total. The molecule has 3 aromatic rings. The fourth-order valence-electron chi connectivity index (χ4n) is 1.66. The lowest BCUT2D eigenvalue weighted by Crippen LogP contribution is -2.18. The van der Waals surface area contributed by atoms with E-state index in [-0.39, 0.29) is 5.56 Å². The van der Waals surface area contributed by atoms with Crippen molar-refractivity contribution in [2.45, 2.75) is 0 Å². The summed E-state index contributed by atoms with van der Waals surface area (Å²) in [6.07, 6.45) is 6.54. The molecule has 0 spiro atoms. The molecule has 0 aliphatic heterocycles. The first-order valence-corrected chi connectivity index (χ1v) is 4.88. The fraction of sp³-hybridized carbons (Fsp3) is 0. The Morgan fingerprint density at radius 3 is 3.18 bits per heavy atom. The molecule has 0 saturated carbocycles. The number of hydrogen-bond acceptors (Lipinski definition) is 3. The number of carboxylic acids is 1. The summed E-state index contributed by atoms with van der Waals surface area (Å²) in [4.78, 5) is 13.9. The zero-order valence-electron chi connectivity index (χ0n) is 8.58. The summed E-state index contributed by atoms with van der Waals surface area (Å²) in [6, 6.07) is 1.49. The van der Waals surface area contributed by atoms with Gasteiger partial charge < -0.3 is 5.11 Å². The molecule has 0 aliphatic carbocycles. The maximum Gasteiger partial charge on any atom is 0.337 e. The first-order valence-electron chi connectivity index (χ1n) is 4.88. The molecule has 0 radical (unpaired) electrons. The number of nitrogens with one attached hydrogen (secondary N) is 2. The quantitative estimate of drug-likeness (QED) is 0.549. The van der Waals surface area contributed by atoms with Crippen molar-refractivity contribution < 1.29 is 14.4 Å². The number of aromatic nitrogens is 5. The third-order valence-corrected chi connectivity index (χ3v) is 2.47. The van der Waals surface area contributed by atoms with Crippen molar-refractivity contribution in [2.24, 2.45) is 0 Å². The minimum absolute atomic E-state index is 0.112. The predicted octanol–water partition coefficient (Wildman–Crippen LogP) is 0.237. The van der Waals surface area contributed by atoms with E-state index >= 15 is 0 Å². The molecule has 3 aromatic heterocycles. The van der Waals surface area contributed by atoms with Crippen LogP contribution in [0.15, 0.2) is 30.9 Å². The molecule has 0 fully saturated rings. The molecule has 3 rings (SSSR count). The van der Waals surface area contributed by atoms with Gasteiger partial charge in [-0.1, -0.05) is 0 Å². The van der Waals surface area contributed by atoms with Gasteiger partial charge in [-0.05, 0) is 6.07 Å². The van der Waals surface area contributed by atoms with Gasteiger partial charge in [0.15, 0.2) is 6.20 Å². The molecule has 0 amide bonds. The van der Waals surface area contributed by atoms with Crippen LogP contribution in [0.25, 0.3) is 16.9 Å². The van der Waals surface area contributed by atoms with Gasteiger partial charge in [-0.3, -0.25) is 0 Å². The third kappa shape index (κ3) is 1.44. The molecule has 0 aromatic carbocycles. The smallest absolute Gasteiger partial charge is 0.337 e. The van der Waals surface area contributed by atoms with Gasteiger partial charge in [-0.15, -0.1) is 4.52 Å². The summed E-state index contributed by atoms with van der Waals surface area (Å²) >= 11 is 0. The molecule has 3 heterocycles. The number of H-pyrrole nitrogens is 2. The number of aromatic amines is 2. The van der Waals surface area contributed by atoms with Crippen LogP contribution in [0.4, 0.5) is 0 Å². The van der Waals surface area contributed by atoms with Crippen molar-refractivity contribution in [2.75, 3.05) is 0 Å². The lowest BCUT2D eigenvalue weighted by molar-refractivity contribution is -0.574. The van der Waals surface area contributed by atoms with Crippen molar-refractivity contribution in [1.82, 2.24) is 20.3 Å². The zero-order chi connectivity index (χ0) is 11.8. The zero-order valence-corrected chi connectivity index (χ0v) is 8.58. The second kappa shape index (κ2) is 3.41. The Morgan fingerprint density at radius 1 is 1.47 bits per heavy atom. The molecule has 0 bridgehead atoms. The topological polar surface area (TPSA) is 98.8 Å². The SMILES string of the molecule is O=C(O)c1cnnc(-c2c[nH][n+]3cc[nH]c23)c1. The van der Waals surface area contributed by atoms with Crippen LogP contribution in [-0.2, 0) is 0 Å². The van der Waals surface area contributed by atoms with Crippen LogP contribution in [0, 0.1) is 0 Å². The van der Waals surface area contributed by atoms with E-state index in [9.17, 15) is 4.79 Å². The van der Waals surface area contributed by atoms with Crippen molar-refractivity contribution in [3.63, 3.8) is 0 Å². The monoisotopic (exact) mass is 230 g/mol. The number of hydrogen-bond donors (Lipinski definition) is 3. The van der Waals surface area contributed by atoms with Crippen LogP contribution < -0.4 is 4.52 Å². The normalized spacial score (nSPS) is 10.8. The average molecular weight is 230 g/mol. The van der Waals surface area contributed by atoms with E-state index in [1.165, 1.54) is 12.3 Å². The van der Waals surface area contributed by atoms with E-state index in [2.05, 4.69) is 20.3 Å². The summed E-state index contributed by atoms with van der Waals surface area (Å²) in [5, 5.41) is 19.5. The van der Waals surface area contributed by atoms with E-state index in [4.69, 9.17) is 5.11 Å². The van der Waals surface area contributed by atoms with Crippen molar-refractivity contribution >= 4 is 11.6 Å². The van der Waals surface area contributed by atoms with Gasteiger partial charge in [0, 0.05) is 0 Å². The summed E-state index contributed by atoms with van der Waals surface area (Å²) in [5.74, 6) is -1.02. The maximum absolute atomic E-state index is 10.8.